The minimum absolute atomic E-state index is 0.205. The first kappa shape index (κ1) is 20.1. The molecule has 6 nitrogen and oxygen atoms in total. The molecule has 0 spiro atoms. The van der Waals surface area contributed by atoms with E-state index < -0.39 is 11.9 Å². The maximum atomic E-state index is 13.5. The molecule has 0 aliphatic rings. The zero-order chi connectivity index (χ0) is 20.4. The second kappa shape index (κ2) is 8.14. The van der Waals surface area contributed by atoms with Crippen LogP contribution in [0.3, 0.4) is 0 Å². The lowest BCUT2D eigenvalue weighted by atomic mass is 10.0. The van der Waals surface area contributed by atoms with Crippen LogP contribution in [-0.4, -0.2) is 22.6 Å². The molecule has 2 aromatic heterocycles. The summed E-state index contributed by atoms with van der Waals surface area (Å²) in [6.07, 6.45) is 1.88. The number of methoxy groups -OCH3 is 1. The van der Waals surface area contributed by atoms with Crippen LogP contribution in [0.15, 0.2) is 28.4 Å². The zero-order valence-corrected chi connectivity index (χ0v) is 17.4. The van der Waals surface area contributed by atoms with Gasteiger partial charge in [0.15, 0.2) is 0 Å². The fourth-order valence-electron chi connectivity index (χ4n) is 3.54. The Morgan fingerprint density at radius 1 is 1.36 bits per heavy atom. The monoisotopic (exact) mass is 399 g/mol. The number of nitrogens with two attached hydrogens (primary N) is 1. The number of rotatable bonds is 7. The molecule has 0 aliphatic heterocycles. The van der Waals surface area contributed by atoms with Crippen molar-refractivity contribution in [3.8, 4) is 16.9 Å². The van der Waals surface area contributed by atoms with Crippen molar-refractivity contribution in [1.82, 2.24) is 9.55 Å². The Morgan fingerprint density at radius 3 is 2.68 bits per heavy atom. The Balaban J connectivity index is 2.30. The summed E-state index contributed by atoms with van der Waals surface area (Å²) in [5.41, 5.74) is 8.12. The van der Waals surface area contributed by atoms with E-state index >= 15 is 0 Å². The number of fused-ring (bicyclic) bond motifs is 1. The molecule has 3 aromatic rings. The van der Waals surface area contributed by atoms with Crippen molar-refractivity contribution in [2.24, 2.45) is 5.73 Å². The third-order valence-corrected chi connectivity index (χ3v) is 5.79. The molecule has 28 heavy (non-hydrogen) atoms. The summed E-state index contributed by atoms with van der Waals surface area (Å²) in [6.45, 7) is 5.84. The van der Waals surface area contributed by atoms with Gasteiger partial charge in [0.2, 0.25) is 5.91 Å². The van der Waals surface area contributed by atoms with E-state index in [1.807, 2.05) is 44.4 Å². The quantitative estimate of drug-likeness (QED) is 0.654. The Hall–Kier alpha value is -2.67. The molecule has 0 fully saturated rings. The minimum Gasteiger partial charge on any atom is -0.496 e. The number of carbonyl (C=O) groups is 1. The van der Waals surface area contributed by atoms with Gasteiger partial charge in [0.05, 0.1) is 12.5 Å². The number of aryl methyl sites for hydroxylation is 2. The second-order valence-corrected chi connectivity index (χ2v) is 7.65. The lowest BCUT2D eigenvalue weighted by Gasteiger charge is -2.19. The van der Waals surface area contributed by atoms with Crippen LogP contribution in [0, 0.1) is 6.92 Å². The third-order valence-electron chi connectivity index (χ3n) is 4.92. The van der Waals surface area contributed by atoms with Crippen molar-refractivity contribution in [1.29, 1.82) is 0 Å². The van der Waals surface area contributed by atoms with E-state index in [2.05, 4.69) is 0 Å². The molecule has 0 aliphatic carbocycles. The van der Waals surface area contributed by atoms with Crippen LogP contribution in [-0.2, 0) is 11.2 Å². The molecule has 3 rings (SSSR count). The first-order valence-corrected chi connectivity index (χ1v) is 10.3. The van der Waals surface area contributed by atoms with Gasteiger partial charge in [0, 0.05) is 17.4 Å². The van der Waals surface area contributed by atoms with Crippen LogP contribution in [0.4, 0.5) is 0 Å². The Labute approximate surface area is 168 Å². The number of primary amides is 1. The standard InChI is InChI=1S/C21H25N3O3S/c1-5-7-17-23-20-18(21(26)24(17)15(6-2)19(22)25)14(11-28-20)13-8-9-16(27-4)12(3)10-13/h8-11,15H,5-7H2,1-4H3,(H2,22,25). The maximum absolute atomic E-state index is 13.5. The third kappa shape index (κ3) is 3.42. The fourth-order valence-corrected chi connectivity index (χ4v) is 4.49. The summed E-state index contributed by atoms with van der Waals surface area (Å²) in [4.78, 5) is 30.9. The van der Waals surface area contributed by atoms with Gasteiger partial charge >= 0.3 is 0 Å². The molecule has 1 aromatic carbocycles. The number of nitrogens with zero attached hydrogens (tertiary/aromatic N) is 2. The fraction of sp³-hybridized carbons (Fsp3) is 0.381. The molecular weight excluding hydrogens is 374 g/mol. The highest BCUT2D eigenvalue weighted by atomic mass is 32.1. The van der Waals surface area contributed by atoms with Gasteiger partial charge in [-0.1, -0.05) is 19.9 Å². The average Bonchev–Trinajstić information content (AvgIpc) is 3.08. The normalized spacial score (nSPS) is 12.3. The van der Waals surface area contributed by atoms with Crippen LogP contribution in [0.25, 0.3) is 21.3 Å². The smallest absolute Gasteiger partial charge is 0.263 e. The summed E-state index contributed by atoms with van der Waals surface area (Å²) >= 11 is 1.44. The van der Waals surface area contributed by atoms with Gasteiger partial charge in [-0.3, -0.25) is 14.2 Å². The molecular formula is C21H25N3O3S. The van der Waals surface area contributed by atoms with E-state index in [0.29, 0.717) is 28.9 Å². The second-order valence-electron chi connectivity index (χ2n) is 6.79. The van der Waals surface area contributed by atoms with Crippen molar-refractivity contribution in [3.05, 3.63) is 45.3 Å². The van der Waals surface area contributed by atoms with E-state index in [-0.39, 0.29) is 5.56 Å². The zero-order valence-electron chi connectivity index (χ0n) is 16.6. The Morgan fingerprint density at radius 2 is 2.11 bits per heavy atom. The molecule has 0 bridgehead atoms. The van der Waals surface area contributed by atoms with E-state index in [4.69, 9.17) is 15.5 Å². The van der Waals surface area contributed by atoms with Gasteiger partial charge in [0.25, 0.3) is 5.56 Å². The van der Waals surface area contributed by atoms with Crippen LogP contribution < -0.4 is 16.0 Å². The summed E-state index contributed by atoms with van der Waals surface area (Å²) < 4.78 is 6.84. The Kier molecular flexibility index (Phi) is 5.84. The van der Waals surface area contributed by atoms with E-state index in [9.17, 15) is 9.59 Å². The first-order valence-electron chi connectivity index (χ1n) is 9.39. The lowest BCUT2D eigenvalue weighted by Crippen LogP contribution is -2.36. The van der Waals surface area contributed by atoms with Crippen molar-refractivity contribution in [3.63, 3.8) is 0 Å². The average molecular weight is 400 g/mol. The van der Waals surface area contributed by atoms with Gasteiger partial charge in [0.1, 0.15) is 22.4 Å². The van der Waals surface area contributed by atoms with Crippen molar-refractivity contribution >= 4 is 27.5 Å². The molecule has 0 saturated heterocycles. The minimum atomic E-state index is -0.698. The topological polar surface area (TPSA) is 87.2 Å². The van der Waals surface area contributed by atoms with Crippen molar-refractivity contribution < 1.29 is 9.53 Å². The lowest BCUT2D eigenvalue weighted by molar-refractivity contribution is -0.121. The van der Waals surface area contributed by atoms with Crippen LogP contribution >= 0.6 is 11.3 Å². The van der Waals surface area contributed by atoms with Crippen molar-refractivity contribution in [2.45, 2.75) is 46.1 Å². The molecule has 0 radical (unpaired) electrons. The van der Waals surface area contributed by atoms with Crippen molar-refractivity contribution in [2.75, 3.05) is 7.11 Å². The summed E-state index contributed by atoms with van der Waals surface area (Å²) in [5, 5.41) is 2.49. The first-order chi connectivity index (χ1) is 13.4. The highest BCUT2D eigenvalue weighted by molar-refractivity contribution is 7.17. The summed E-state index contributed by atoms with van der Waals surface area (Å²) in [5.74, 6) is 0.897. The number of carbonyl (C=O) groups excluding carboxylic acids is 1. The van der Waals surface area contributed by atoms with Crippen LogP contribution in [0.1, 0.15) is 44.1 Å². The van der Waals surface area contributed by atoms with Gasteiger partial charge in [-0.25, -0.2) is 4.98 Å². The number of thiophene rings is 1. The number of hydrogen-bond acceptors (Lipinski definition) is 5. The predicted octanol–water partition coefficient (Wildman–Crippen LogP) is 3.83. The summed E-state index contributed by atoms with van der Waals surface area (Å²) in [6, 6.07) is 5.12. The van der Waals surface area contributed by atoms with E-state index in [0.717, 1.165) is 28.9 Å². The molecule has 1 atom stereocenters. The Bertz CT molecular complexity index is 1080. The number of amides is 1. The SMILES string of the molecule is CCCc1nc2scc(-c3ccc(OC)c(C)c3)c2c(=O)n1C(CC)C(N)=O. The number of aromatic nitrogens is 2. The molecule has 1 amide bonds. The van der Waals surface area contributed by atoms with E-state index in [1.165, 1.54) is 15.9 Å². The number of hydrogen-bond donors (Lipinski definition) is 1. The summed E-state index contributed by atoms with van der Waals surface area (Å²) in [7, 11) is 1.63. The van der Waals surface area contributed by atoms with Gasteiger partial charge in [-0.15, -0.1) is 11.3 Å². The number of benzene rings is 1. The van der Waals surface area contributed by atoms with Gasteiger partial charge < -0.3 is 10.5 Å². The molecule has 148 valence electrons. The molecule has 7 heteroatoms. The van der Waals surface area contributed by atoms with E-state index in [1.54, 1.807) is 7.11 Å². The molecule has 2 heterocycles. The maximum Gasteiger partial charge on any atom is 0.263 e. The largest absolute Gasteiger partial charge is 0.496 e. The number of ether oxygens (including phenoxy) is 1. The van der Waals surface area contributed by atoms with Gasteiger partial charge in [-0.2, -0.15) is 0 Å². The highest BCUT2D eigenvalue weighted by Crippen LogP contribution is 2.34. The molecule has 2 N–H and O–H groups in total. The highest BCUT2D eigenvalue weighted by Gasteiger charge is 2.24. The van der Waals surface area contributed by atoms with Gasteiger partial charge in [-0.05, 0) is 43.0 Å². The van der Waals surface area contributed by atoms with Crippen LogP contribution in [0.2, 0.25) is 0 Å². The van der Waals surface area contributed by atoms with Crippen LogP contribution in [0.5, 0.6) is 5.75 Å². The molecule has 0 saturated carbocycles. The molecule has 1 unspecified atom stereocenters. The predicted molar refractivity (Wildman–Crippen MR) is 113 cm³/mol.